The average molecular weight is 326 g/mol. The molecule has 3 atom stereocenters. The van der Waals surface area contributed by atoms with Crippen LogP contribution in [0.1, 0.15) is 43.5 Å². The SMILES string of the molecule is COc1cc(C(=O)N[C@H]2CCC[C@H](C)[C@@H]2C)cc(Cl)c1OC. The van der Waals surface area contributed by atoms with Crippen molar-refractivity contribution in [2.75, 3.05) is 14.2 Å². The molecule has 1 aromatic carbocycles. The minimum Gasteiger partial charge on any atom is -0.493 e. The number of nitrogens with one attached hydrogen (secondary N) is 1. The van der Waals surface area contributed by atoms with E-state index in [1.807, 2.05) is 0 Å². The zero-order valence-electron chi connectivity index (χ0n) is 13.6. The first-order valence-electron chi connectivity index (χ1n) is 7.70. The Hall–Kier alpha value is -1.42. The lowest BCUT2D eigenvalue weighted by Crippen LogP contribution is -2.43. The van der Waals surface area contributed by atoms with Crippen LogP contribution in [0, 0.1) is 11.8 Å². The van der Waals surface area contributed by atoms with Gasteiger partial charge in [0.2, 0.25) is 0 Å². The third-order valence-electron chi connectivity index (χ3n) is 4.72. The molecular formula is C17H24ClNO3. The van der Waals surface area contributed by atoms with Gasteiger partial charge in [0.1, 0.15) is 0 Å². The Bertz CT molecular complexity index is 547. The van der Waals surface area contributed by atoms with Gasteiger partial charge in [-0.15, -0.1) is 0 Å². The molecule has 1 amide bonds. The highest BCUT2D eigenvalue weighted by molar-refractivity contribution is 6.32. The van der Waals surface area contributed by atoms with Crippen LogP contribution in [-0.4, -0.2) is 26.2 Å². The van der Waals surface area contributed by atoms with Crippen molar-refractivity contribution >= 4 is 17.5 Å². The van der Waals surface area contributed by atoms with E-state index in [0.29, 0.717) is 33.9 Å². The average Bonchev–Trinajstić information content (AvgIpc) is 2.50. The molecule has 0 radical (unpaired) electrons. The maximum Gasteiger partial charge on any atom is 0.251 e. The third-order valence-corrected chi connectivity index (χ3v) is 5.00. The van der Waals surface area contributed by atoms with Crippen LogP contribution >= 0.6 is 11.6 Å². The maximum absolute atomic E-state index is 12.5. The molecule has 5 heteroatoms. The number of benzene rings is 1. The molecular weight excluding hydrogens is 302 g/mol. The molecule has 122 valence electrons. The maximum atomic E-state index is 12.5. The molecule has 0 unspecified atom stereocenters. The smallest absolute Gasteiger partial charge is 0.251 e. The predicted molar refractivity (Wildman–Crippen MR) is 88.0 cm³/mol. The van der Waals surface area contributed by atoms with Crippen LogP contribution in [0.15, 0.2) is 12.1 Å². The number of rotatable bonds is 4. The van der Waals surface area contributed by atoms with E-state index in [4.69, 9.17) is 21.1 Å². The Morgan fingerprint density at radius 3 is 2.59 bits per heavy atom. The van der Waals surface area contributed by atoms with E-state index < -0.39 is 0 Å². The van der Waals surface area contributed by atoms with Crippen LogP contribution in [-0.2, 0) is 0 Å². The number of carbonyl (C=O) groups is 1. The Balaban J connectivity index is 2.17. The van der Waals surface area contributed by atoms with Gasteiger partial charge in [0.15, 0.2) is 11.5 Å². The topological polar surface area (TPSA) is 47.6 Å². The minimum atomic E-state index is -0.117. The van der Waals surface area contributed by atoms with Crippen molar-refractivity contribution in [3.05, 3.63) is 22.7 Å². The van der Waals surface area contributed by atoms with Crippen molar-refractivity contribution in [3.8, 4) is 11.5 Å². The predicted octanol–water partition coefficient (Wildman–Crippen LogP) is 3.91. The van der Waals surface area contributed by atoms with E-state index in [-0.39, 0.29) is 11.9 Å². The molecule has 0 bridgehead atoms. The Kier molecular flexibility index (Phi) is 5.57. The second-order valence-electron chi connectivity index (χ2n) is 6.04. The summed E-state index contributed by atoms with van der Waals surface area (Å²) >= 11 is 6.17. The first-order valence-corrected chi connectivity index (χ1v) is 8.08. The Labute approximate surface area is 137 Å². The van der Waals surface area contributed by atoms with Crippen molar-refractivity contribution in [1.29, 1.82) is 0 Å². The molecule has 0 saturated heterocycles. The normalized spacial score (nSPS) is 24.7. The standard InChI is InChI=1S/C17H24ClNO3/c1-10-6-5-7-14(11(10)2)19-17(20)12-8-13(18)16(22-4)15(9-12)21-3/h8-11,14H,5-7H2,1-4H3,(H,19,20)/t10-,11-,14-/m0/s1. The van der Waals surface area contributed by atoms with Gasteiger partial charge in [-0.2, -0.15) is 0 Å². The van der Waals surface area contributed by atoms with Gasteiger partial charge >= 0.3 is 0 Å². The fourth-order valence-electron chi connectivity index (χ4n) is 3.09. The van der Waals surface area contributed by atoms with Crippen molar-refractivity contribution in [2.45, 2.75) is 39.2 Å². The van der Waals surface area contributed by atoms with Crippen LogP contribution in [0.3, 0.4) is 0 Å². The molecule has 0 aromatic heterocycles. The molecule has 1 fully saturated rings. The lowest BCUT2D eigenvalue weighted by Gasteiger charge is -2.34. The van der Waals surface area contributed by atoms with Crippen LogP contribution in [0.25, 0.3) is 0 Å². The Morgan fingerprint density at radius 2 is 1.95 bits per heavy atom. The summed E-state index contributed by atoms with van der Waals surface area (Å²) in [7, 11) is 3.05. The first-order chi connectivity index (χ1) is 10.5. The highest BCUT2D eigenvalue weighted by Gasteiger charge is 2.28. The summed E-state index contributed by atoms with van der Waals surface area (Å²) < 4.78 is 10.4. The van der Waals surface area contributed by atoms with E-state index >= 15 is 0 Å². The number of ether oxygens (including phenoxy) is 2. The number of hydrogen-bond acceptors (Lipinski definition) is 3. The largest absolute Gasteiger partial charge is 0.493 e. The van der Waals surface area contributed by atoms with E-state index in [0.717, 1.165) is 12.8 Å². The molecule has 1 saturated carbocycles. The van der Waals surface area contributed by atoms with Crippen LogP contribution in [0.2, 0.25) is 5.02 Å². The van der Waals surface area contributed by atoms with E-state index in [9.17, 15) is 4.79 Å². The second-order valence-corrected chi connectivity index (χ2v) is 6.45. The molecule has 0 spiro atoms. The Morgan fingerprint density at radius 1 is 1.23 bits per heavy atom. The monoisotopic (exact) mass is 325 g/mol. The van der Waals surface area contributed by atoms with Crippen LogP contribution in [0.5, 0.6) is 11.5 Å². The number of halogens is 1. The van der Waals surface area contributed by atoms with Crippen LogP contribution < -0.4 is 14.8 Å². The molecule has 2 rings (SSSR count). The van der Waals surface area contributed by atoms with Gasteiger partial charge < -0.3 is 14.8 Å². The number of hydrogen-bond donors (Lipinski definition) is 1. The van der Waals surface area contributed by atoms with Crippen LogP contribution in [0.4, 0.5) is 0 Å². The summed E-state index contributed by atoms with van der Waals surface area (Å²) in [6.07, 6.45) is 3.41. The number of amides is 1. The van der Waals surface area contributed by atoms with Gasteiger partial charge in [0.25, 0.3) is 5.91 Å². The summed E-state index contributed by atoms with van der Waals surface area (Å²) in [6.45, 7) is 4.45. The quantitative estimate of drug-likeness (QED) is 0.913. The third kappa shape index (κ3) is 3.49. The van der Waals surface area contributed by atoms with Crippen molar-refractivity contribution in [1.82, 2.24) is 5.32 Å². The number of methoxy groups -OCH3 is 2. The zero-order chi connectivity index (χ0) is 16.3. The van der Waals surface area contributed by atoms with Gasteiger partial charge in [-0.25, -0.2) is 0 Å². The molecule has 0 aliphatic heterocycles. The fraction of sp³-hybridized carbons (Fsp3) is 0.588. The van der Waals surface area contributed by atoms with E-state index in [2.05, 4.69) is 19.2 Å². The first kappa shape index (κ1) is 16.9. The summed E-state index contributed by atoms with van der Waals surface area (Å²) in [5.74, 6) is 1.90. The number of carbonyl (C=O) groups excluding carboxylic acids is 1. The summed E-state index contributed by atoms with van der Waals surface area (Å²) in [4.78, 5) is 12.5. The van der Waals surface area contributed by atoms with Gasteiger partial charge in [0.05, 0.1) is 19.2 Å². The zero-order valence-corrected chi connectivity index (χ0v) is 14.4. The van der Waals surface area contributed by atoms with Gasteiger partial charge in [-0.05, 0) is 30.4 Å². The molecule has 0 heterocycles. The van der Waals surface area contributed by atoms with Gasteiger partial charge in [-0.1, -0.05) is 38.3 Å². The highest BCUT2D eigenvalue weighted by Crippen LogP contribution is 2.36. The fourth-order valence-corrected chi connectivity index (χ4v) is 3.37. The van der Waals surface area contributed by atoms with Crippen molar-refractivity contribution in [3.63, 3.8) is 0 Å². The van der Waals surface area contributed by atoms with Gasteiger partial charge in [-0.3, -0.25) is 4.79 Å². The van der Waals surface area contributed by atoms with Crippen molar-refractivity contribution < 1.29 is 14.3 Å². The lowest BCUT2D eigenvalue weighted by molar-refractivity contribution is 0.0890. The molecule has 1 aliphatic rings. The molecule has 4 nitrogen and oxygen atoms in total. The minimum absolute atomic E-state index is 0.117. The molecule has 1 aliphatic carbocycles. The van der Waals surface area contributed by atoms with E-state index in [1.165, 1.54) is 20.6 Å². The molecule has 1 N–H and O–H groups in total. The molecule has 1 aromatic rings. The van der Waals surface area contributed by atoms with Gasteiger partial charge in [0, 0.05) is 11.6 Å². The summed E-state index contributed by atoms with van der Waals surface area (Å²) in [5, 5.41) is 3.51. The summed E-state index contributed by atoms with van der Waals surface area (Å²) in [6, 6.07) is 3.50. The lowest BCUT2D eigenvalue weighted by atomic mass is 9.78. The van der Waals surface area contributed by atoms with E-state index in [1.54, 1.807) is 12.1 Å². The second kappa shape index (κ2) is 7.23. The molecule has 22 heavy (non-hydrogen) atoms. The summed E-state index contributed by atoms with van der Waals surface area (Å²) in [5.41, 5.74) is 0.494. The van der Waals surface area contributed by atoms with Crippen molar-refractivity contribution in [2.24, 2.45) is 11.8 Å². The highest BCUT2D eigenvalue weighted by atomic mass is 35.5.